The number of pyridine rings is 1. The van der Waals surface area contributed by atoms with E-state index in [-0.39, 0.29) is 6.04 Å². The van der Waals surface area contributed by atoms with E-state index >= 15 is 0 Å². The second-order valence-corrected chi connectivity index (χ2v) is 3.90. The first-order valence-electron chi connectivity index (χ1n) is 5.34. The SMILES string of the molecule is CCC(N)c1cc(C)c2ccccc2n1. The van der Waals surface area contributed by atoms with Gasteiger partial charge in [0.05, 0.1) is 11.2 Å². The van der Waals surface area contributed by atoms with E-state index in [1.165, 1.54) is 10.9 Å². The molecule has 0 saturated carbocycles. The Kier molecular flexibility index (Phi) is 2.69. The summed E-state index contributed by atoms with van der Waals surface area (Å²) in [5, 5.41) is 1.21. The number of para-hydroxylation sites is 1. The molecule has 0 radical (unpaired) electrons. The number of aromatic nitrogens is 1. The highest BCUT2D eigenvalue weighted by Gasteiger charge is 2.07. The van der Waals surface area contributed by atoms with Gasteiger partial charge in [0.2, 0.25) is 0 Å². The van der Waals surface area contributed by atoms with Crippen molar-refractivity contribution in [2.24, 2.45) is 5.73 Å². The maximum Gasteiger partial charge on any atom is 0.0708 e. The van der Waals surface area contributed by atoms with Crippen LogP contribution in [0.3, 0.4) is 0 Å². The van der Waals surface area contributed by atoms with Crippen LogP contribution in [-0.2, 0) is 0 Å². The predicted octanol–water partition coefficient (Wildman–Crippen LogP) is 2.95. The second kappa shape index (κ2) is 3.99. The maximum atomic E-state index is 5.99. The number of nitrogens with zero attached hydrogens (tertiary/aromatic N) is 1. The molecule has 1 atom stereocenters. The van der Waals surface area contributed by atoms with E-state index in [0.29, 0.717) is 0 Å². The van der Waals surface area contributed by atoms with Gasteiger partial charge in [-0.05, 0) is 31.0 Å². The summed E-state index contributed by atoms with van der Waals surface area (Å²) in [5.41, 5.74) is 9.27. The summed E-state index contributed by atoms with van der Waals surface area (Å²) in [7, 11) is 0. The van der Waals surface area contributed by atoms with Crippen molar-refractivity contribution in [3.8, 4) is 0 Å². The second-order valence-electron chi connectivity index (χ2n) is 3.90. The number of benzene rings is 1. The van der Waals surface area contributed by atoms with Crippen molar-refractivity contribution >= 4 is 10.9 Å². The summed E-state index contributed by atoms with van der Waals surface area (Å²) >= 11 is 0. The lowest BCUT2D eigenvalue weighted by molar-refractivity contribution is 0.678. The van der Waals surface area contributed by atoms with Crippen LogP contribution in [0.1, 0.15) is 30.6 Å². The van der Waals surface area contributed by atoms with Gasteiger partial charge in [0.1, 0.15) is 0 Å². The molecule has 0 amide bonds. The van der Waals surface area contributed by atoms with Crippen LogP contribution in [0.5, 0.6) is 0 Å². The van der Waals surface area contributed by atoms with Crippen LogP contribution in [0.15, 0.2) is 30.3 Å². The van der Waals surface area contributed by atoms with E-state index in [1.54, 1.807) is 0 Å². The molecule has 2 N–H and O–H groups in total. The third-order valence-corrected chi connectivity index (χ3v) is 2.76. The number of rotatable bonds is 2. The summed E-state index contributed by atoms with van der Waals surface area (Å²) in [6, 6.07) is 10.3. The Balaban J connectivity index is 2.62. The zero-order chi connectivity index (χ0) is 10.8. The van der Waals surface area contributed by atoms with Crippen molar-refractivity contribution in [1.29, 1.82) is 0 Å². The van der Waals surface area contributed by atoms with Gasteiger partial charge < -0.3 is 5.73 Å². The summed E-state index contributed by atoms with van der Waals surface area (Å²) < 4.78 is 0. The molecule has 2 aromatic rings. The van der Waals surface area contributed by atoms with Crippen molar-refractivity contribution in [2.45, 2.75) is 26.3 Å². The van der Waals surface area contributed by atoms with Crippen molar-refractivity contribution in [3.05, 3.63) is 41.6 Å². The number of hydrogen-bond donors (Lipinski definition) is 1. The lowest BCUT2D eigenvalue weighted by atomic mass is 10.1. The van der Waals surface area contributed by atoms with Crippen LogP contribution in [0, 0.1) is 6.92 Å². The van der Waals surface area contributed by atoms with Gasteiger partial charge in [-0.2, -0.15) is 0 Å². The van der Waals surface area contributed by atoms with E-state index in [2.05, 4.69) is 31.0 Å². The largest absolute Gasteiger partial charge is 0.323 e. The van der Waals surface area contributed by atoms with Gasteiger partial charge >= 0.3 is 0 Å². The summed E-state index contributed by atoms with van der Waals surface area (Å²) in [6.45, 7) is 4.19. The molecule has 78 valence electrons. The van der Waals surface area contributed by atoms with Gasteiger partial charge in [-0.1, -0.05) is 25.1 Å². The van der Waals surface area contributed by atoms with E-state index in [9.17, 15) is 0 Å². The molecule has 2 heteroatoms. The first-order chi connectivity index (χ1) is 7.22. The predicted molar refractivity (Wildman–Crippen MR) is 63.7 cm³/mol. The summed E-state index contributed by atoms with van der Waals surface area (Å²) in [5.74, 6) is 0. The Morgan fingerprint density at radius 1 is 1.33 bits per heavy atom. The molecule has 0 aliphatic carbocycles. The zero-order valence-corrected chi connectivity index (χ0v) is 9.20. The molecule has 0 aliphatic heterocycles. The minimum Gasteiger partial charge on any atom is -0.323 e. The first kappa shape index (κ1) is 10.1. The molecule has 1 aromatic carbocycles. The van der Waals surface area contributed by atoms with Gasteiger partial charge in [0.25, 0.3) is 0 Å². The molecule has 0 saturated heterocycles. The first-order valence-corrected chi connectivity index (χ1v) is 5.34. The molecule has 0 fully saturated rings. The average Bonchev–Trinajstić information content (AvgIpc) is 2.28. The molecular formula is C13H16N2. The highest BCUT2D eigenvalue weighted by molar-refractivity contribution is 5.82. The Bertz CT molecular complexity index is 477. The molecular weight excluding hydrogens is 184 g/mol. The highest BCUT2D eigenvalue weighted by Crippen LogP contribution is 2.20. The number of fused-ring (bicyclic) bond motifs is 1. The molecule has 0 bridgehead atoms. The summed E-state index contributed by atoms with van der Waals surface area (Å²) in [4.78, 5) is 4.58. The number of hydrogen-bond acceptors (Lipinski definition) is 2. The third-order valence-electron chi connectivity index (χ3n) is 2.76. The lowest BCUT2D eigenvalue weighted by Crippen LogP contribution is -2.11. The topological polar surface area (TPSA) is 38.9 Å². The van der Waals surface area contributed by atoms with Gasteiger partial charge in [-0.15, -0.1) is 0 Å². The maximum absolute atomic E-state index is 5.99. The molecule has 0 spiro atoms. The number of nitrogens with two attached hydrogens (primary N) is 1. The molecule has 2 nitrogen and oxygen atoms in total. The van der Waals surface area contributed by atoms with Crippen LogP contribution in [-0.4, -0.2) is 4.98 Å². The van der Waals surface area contributed by atoms with Crippen molar-refractivity contribution < 1.29 is 0 Å². The Hall–Kier alpha value is -1.41. The Morgan fingerprint density at radius 3 is 2.80 bits per heavy atom. The van der Waals surface area contributed by atoms with Crippen LogP contribution < -0.4 is 5.73 Å². The quantitative estimate of drug-likeness (QED) is 0.809. The zero-order valence-electron chi connectivity index (χ0n) is 9.20. The Labute approximate surface area is 90.1 Å². The fourth-order valence-corrected chi connectivity index (χ4v) is 1.77. The van der Waals surface area contributed by atoms with Gasteiger partial charge in [0.15, 0.2) is 0 Å². The molecule has 15 heavy (non-hydrogen) atoms. The molecule has 1 heterocycles. The normalized spacial score (nSPS) is 13.0. The van der Waals surface area contributed by atoms with Crippen molar-refractivity contribution in [2.75, 3.05) is 0 Å². The van der Waals surface area contributed by atoms with Gasteiger partial charge in [-0.3, -0.25) is 4.98 Å². The van der Waals surface area contributed by atoms with Crippen LogP contribution in [0.2, 0.25) is 0 Å². The Morgan fingerprint density at radius 2 is 2.07 bits per heavy atom. The van der Waals surface area contributed by atoms with E-state index < -0.39 is 0 Å². The standard InChI is InChI=1S/C13H16N2/c1-3-11(14)13-8-9(2)10-6-4-5-7-12(10)15-13/h4-8,11H,3,14H2,1-2H3. The van der Waals surface area contributed by atoms with Crippen LogP contribution in [0.4, 0.5) is 0 Å². The van der Waals surface area contributed by atoms with Crippen molar-refractivity contribution in [3.63, 3.8) is 0 Å². The molecule has 2 rings (SSSR count). The fraction of sp³-hybridized carbons (Fsp3) is 0.308. The van der Waals surface area contributed by atoms with Crippen LogP contribution >= 0.6 is 0 Å². The molecule has 1 unspecified atom stereocenters. The van der Waals surface area contributed by atoms with Crippen molar-refractivity contribution in [1.82, 2.24) is 4.98 Å². The van der Waals surface area contributed by atoms with Crippen LogP contribution in [0.25, 0.3) is 10.9 Å². The van der Waals surface area contributed by atoms with E-state index in [1.807, 2.05) is 18.2 Å². The minimum atomic E-state index is 0.0494. The summed E-state index contributed by atoms with van der Waals surface area (Å²) in [6.07, 6.45) is 0.921. The minimum absolute atomic E-state index is 0.0494. The van der Waals surface area contributed by atoms with E-state index in [0.717, 1.165) is 17.6 Å². The third kappa shape index (κ3) is 1.85. The molecule has 0 aliphatic rings. The fourth-order valence-electron chi connectivity index (χ4n) is 1.77. The van der Waals surface area contributed by atoms with E-state index in [4.69, 9.17) is 5.73 Å². The smallest absolute Gasteiger partial charge is 0.0708 e. The van der Waals surface area contributed by atoms with Gasteiger partial charge in [0, 0.05) is 11.4 Å². The molecule has 1 aromatic heterocycles. The highest BCUT2D eigenvalue weighted by atomic mass is 14.8. The number of aryl methyl sites for hydroxylation is 1. The van der Waals surface area contributed by atoms with Gasteiger partial charge in [-0.25, -0.2) is 0 Å². The monoisotopic (exact) mass is 200 g/mol. The average molecular weight is 200 g/mol. The lowest BCUT2D eigenvalue weighted by Gasteiger charge is -2.11.